The van der Waals surface area contributed by atoms with Gasteiger partial charge in [0, 0.05) is 20.2 Å². The first-order valence-corrected chi connectivity index (χ1v) is 10.3. The van der Waals surface area contributed by atoms with E-state index in [1.807, 2.05) is 13.0 Å². The number of benzene rings is 1. The van der Waals surface area contributed by atoms with Crippen LogP contribution in [0.2, 0.25) is 5.02 Å². The number of carbonyl (C=O) groups is 1. The summed E-state index contributed by atoms with van der Waals surface area (Å²) in [6, 6.07) is 2.04. The van der Waals surface area contributed by atoms with Crippen molar-refractivity contribution >= 4 is 27.7 Å². The van der Waals surface area contributed by atoms with Gasteiger partial charge in [0.1, 0.15) is 11.6 Å². The van der Waals surface area contributed by atoms with E-state index >= 15 is 0 Å². The van der Waals surface area contributed by atoms with E-state index in [9.17, 15) is 17.6 Å². The van der Waals surface area contributed by atoms with Gasteiger partial charge < -0.3 is 4.74 Å². The number of halogens is 2. The van der Waals surface area contributed by atoms with Crippen molar-refractivity contribution < 1.29 is 22.3 Å². The molecule has 9 heteroatoms. The first kappa shape index (κ1) is 23.4. The highest BCUT2D eigenvalue weighted by Gasteiger charge is 2.23. The van der Waals surface area contributed by atoms with Crippen LogP contribution >= 0.6 is 11.6 Å². The molecule has 0 aliphatic rings. The Hall–Kier alpha value is -1.64. The first-order valence-electron chi connectivity index (χ1n) is 8.50. The summed E-state index contributed by atoms with van der Waals surface area (Å²) in [6.45, 7) is 8.17. The van der Waals surface area contributed by atoms with E-state index in [4.69, 9.17) is 16.3 Å². The lowest BCUT2D eigenvalue weighted by Gasteiger charge is -2.22. The van der Waals surface area contributed by atoms with Gasteiger partial charge in [-0.05, 0) is 24.3 Å². The van der Waals surface area contributed by atoms with Crippen LogP contribution < -0.4 is 9.46 Å². The number of rotatable bonds is 10. The summed E-state index contributed by atoms with van der Waals surface area (Å²) in [5, 5.41) is 0.0211. The van der Waals surface area contributed by atoms with Gasteiger partial charge >= 0.3 is 10.2 Å². The zero-order valence-electron chi connectivity index (χ0n) is 16.0. The van der Waals surface area contributed by atoms with Gasteiger partial charge in [0.2, 0.25) is 0 Å². The van der Waals surface area contributed by atoms with Crippen molar-refractivity contribution in [3.63, 3.8) is 0 Å². The third-order valence-corrected chi connectivity index (χ3v) is 5.97. The number of hydrogen-bond donors (Lipinski definition) is 1. The molecule has 0 saturated heterocycles. The molecule has 2 atom stereocenters. The Labute approximate surface area is 165 Å². The van der Waals surface area contributed by atoms with E-state index in [0.29, 0.717) is 12.5 Å². The lowest BCUT2D eigenvalue weighted by Crippen LogP contribution is -2.39. The predicted molar refractivity (Wildman–Crippen MR) is 105 cm³/mol. The molecule has 2 unspecified atom stereocenters. The van der Waals surface area contributed by atoms with Gasteiger partial charge in [0.15, 0.2) is 0 Å². The van der Waals surface area contributed by atoms with Crippen LogP contribution in [0.15, 0.2) is 24.8 Å². The Kier molecular flexibility index (Phi) is 8.71. The molecule has 1 rings (SSSR count). The minimum absolute atomic E-state index is 0.0211. The zero-order chi connectivity index (χ0) is 20.8. The average Bonchev–Trinajstić information content (AvgIpc) is 2.59. The highest BCUT2D eigenvalue weighted by atomic mass is 35.5. The third-order valence-electron chi connectivity index (χ3n) is 4.27. The molecule has 1 amide bonds. The van der Waals surface area contributed by atoms with Crippen molar-refractivity contribution in [1.29, 1.82) is 0 Å². The van der Waals surface area contributed by atoms with E-state index in [1.54, 1.807) is 4.72 Å². The molecule has 0 aliphatic carbocycles. The van der Waals surface area contributed by atoms with Crippen molar-refractivity contribution in [1.82, 2.24) is 9.03 Å². The molecule has 0 radical (unpaired) electrons. The van der Waals surface area contributed by atoms with E-state index in [-0.39, 0.29) is 16.7 Å². The second-order valence-corrected chi connectivity index (χ2v) is 8.75. The van der Waals surface area contributed by atoms with Crippen LogP contribution in [-0.2, 0) is 10.2 Å². The van der Waals surface area contributed by atoms with Gasteiger partial charge in [-0.3, -0.25) is 4.79 Å². The topological polar surface area (TPSA) is 75.7 Å². The lowest BCUT2D eigenvalue weighted by molar-refractivity contribution is 0.0975. The quantitative estimate of drug-likeness (QED) is 0.586. The molecule has 6 nitrogen and oxygen atoms in total. The lowest BCUT2D eigenvalue weighted by atomic mass is 9.89. The highest BCUT2D eigenvalue weighted by molar-refractivity contribution is 7.87. The number of hydrogen-bond acceptors (Lipinski definition) is 4. The number of nitrogens with zero attached hydrogens (tertiary/aromatic N) is 1. The Bertz CT molecular complexity index is 784. The fourth-order valence-corrected chi connectivity index (χ4v) is 3.19. The van der Waals surface area contributed by atoms with Gasteiger partial charge in [0.05, 0.1) is 17.2 Å². The maximum absolute atomic E-state index is 14.3. The number of ether oxygens (including phenoxy) is 1. The van der Waals surface area contributed by atoms with Crippen LogP contribution in [0.25, 0.3) is 0 Å². The molecule has 152 valence electrons. The largest absolute Gasteiger partial charge is 0.492 e. The van der Waals surface area contributed by atoms with Crippen molar-refractivity contribution in [3.05, 3.63) is 41.2 Å². The number of amides is 1. The minimum Gasteiger partial charge on any atom is -0.492 e. The van der Waals surface area contributed by atoms with Crippen molar-refractivity contribution in [2.24, 2.45) is 11.8 Å². The van der Waals surface area contributed by atoms with Gasteiger partial charge in [0.25, 0.3) is 5.91 Å². The monoisotopic (exact) mass is 420 g/mol. The second kappa shape index (κ2) is 10.1. The van der Waals surface area contributed by atoms with E-state index in [0.717, 1.165) is 29.3 Å². The Morgan fingerprint density at radius 3 is 2.59 bits per heavy atom. The van der Waals surface area contributed by atoms with Gasteiger partial charge in [-0.2, -0.15) is 12.7 Å². The Morgan fingerprint density at radius 2 is 2.07 bits per heavy atom. The minimum atomic E-state index is -4.04. The SMILES string of the molecule is C=CCC(CC)C(C)COc1cc(F)c(C(=O)NS(=O)(=O)N(C)C)cc1Cl. The summed E-state index contributed by atoms with van der Waals surface area (Å²) in [6.07, 6.45) is 3.66. The normalized spacial score (nSPS) is 13.9. The molecule has 0 saturated carbocycles. The maximum Gasteiger partial charge on any atom is 0.303 e. The molecule has 0 bridgehead atoms. The van der Waals surface area contributed by atoms with Crippen molar-refractivity contribution in [2.45, 2.75) is 26.7 Å². The number of allylic oxidation sites excluding steroid dienone is 1. The van der Waals surface area contributed by atoms with Crippen LogP contribution in [0.3, 0.4) is 0 Å². The van der Waals surface area contributed by atoms with Crippen LogP contribution in [-0.4, -0.2) is 39.3 Å². The number of nitrogens with one attached hydrogen (secondary N) is 1. The molecule has 0 aromatic heterocycles. The van der Waals surface area contributed by atoms with Crippen LogP contribution in [0.1, 0.15) is 37.0 Å². The Balaban J connectivity index is 2.92. The molecule has 0 spiro atoms. The fraction of sp³-hybridized carbons (Fsp3) is 0.500. The molecule has 0 fully saturated rings. The van der Waals surface area contributed by atoms with Crippen molar-refractivity contribution in [3.8, 4) is 5.75 Å². The van der Waals surface area contributed by atoms with Crippen LogP contribution in [0.5, 0.6) is 5.75 Å². The summed E-state index contributed by atoms with van der Waals surface area (Å²) < 4.78 is 45.9. The summed E-state index contributed by atoms with van der Waals surface area (Å²) in [5.74, 6) is -1.36. The van der Waals surface area contributed by atoms with E-state index in [2.05, 4.69) is 13.5 Å². The standard InChI is InChI=1S/C18H26ClFN2O4S/c1-6-8-13(7-2)12(3)11-26-17-10-16(20)14(9-15(17)19)18(23)21-27(24,25)22(4)5/h6,9-10,12-13H,1,7-8,11H2,2-5H3,(H,21,23). The first-order chi connectivity index (χ1) is 12.5. The molecule has 1 aromatic rings. The highest BCUT2D eigenvalue weighted by Crippen LogP contribution is 2.29. The molecule has 1 N–H and O–H groups in total. The summed E-state index contributed by atoms with van der Waals surface area (Å²) in [7, 11) is -1.55. The van der Waals surface area contributed by atoms with E-state index in [1.165, 1.54) is 14.1 Å². The average molecular weight is 421 g/mol. The van der Waals surface area contributed by atoms with Crippen LogP contribution in [0.4, 0.5) is 4.39 Å². The molecule has 27 heavy (non-hydrogen) atoms. The molecule has 1 aromatic carbocycles. The molecular formula is C18H26ClFN2O4S. The smallest absolute Gasteiger partial charge is 0.303 e. The Morgan fingerprint density at radius 1 is 1.44 bits per heavy atom. The second-order valence-electron chi connectivity index (χ2n) is 6.46. The van der Waals surface area contributed by atoms with Gasteiger partial charge in [-0.25, -0.2) is 9.11 Å². The van der Waals surface area contributed by atoms with Gasteiger partial charge in [-0.1, -0.05) is 37.9 Å². The summed E-state index contributed by atoms with van der Waals surface area (Å²) >= 11 is 6.09. The summed E-state index contributed by atoms with van der Waals surface area (Å²) in [5.41, 5.74) is -0.482. The zero-order valence-corrected chi connectivity index (χ0v) is 17.5. The molecule has 0 aliphatic heterocycles. The fourth-order valence-electron chi connectivity index (χ4n) is 2.45. The molecular weight excluding hydrogens is 395 g/mol. The summed E-state index contributed by atoms with van der Waals surface area (Å²) in [4.78, 5) is 12.0. The predicted octanol–water partition coefficient (Wildman–Crippen LogP) is 3.63. The van der Waals surface area contributed by atoms with Crippen molar-refractivity contribution in [2.75, 3.05) is 20.7 Å². The third kappa shape index (κ3) is 6.48. The molecule has 0 heterocycles. The van der Waals surface area contributed by atoms with Crippen LogP contribution in [0, 0.1) is 17.7 Å². The van der Waals surface area contributed by atoms with E-state index < -0.39 is 27.5 Å². The van der Waals surface area contributed by atoms with Gasteiger partial charge in [-0.15, -0.1) is 6.58 Å². The maximum atomic E-state index is 14.3. The number of carbonyl (C=O) groups excluding carboxylic acids is 1.